The van der Waals surface area contributed by atoms with Gasteiger partial charge in [0.2, 0.25) is 11.2 Å². The molecule has 0 saturated carbocycles. The number of Topliss-reactive ketones (excluding diaryl/α,β-unsaturated/α-hetero) is 1. The van der Waals surface area contributed by atoms with Crippen molar-refractivity contribution in [2.75, 3.05) is 6.26 Å². The van der Waals surface area contributed by atoms with Gasteiger partial charge < -0.3 is 14.8 Å². The SMILES string of the molecule is CSC(OC(C)=O)C(=O)[C@H](Cc1ccccc1)NC(=O)OCc1ccccc1. The summed E-state index contributed by atoms with van der Waals surface area (Å²) in [5.74, 6) is -0.957. The molecule has 0 saturated heterocycles. The van der Waals surface area contributed by atoms with Crippen molar-refractivity contribution in [2.45, 2.75) is 31.4 Å². The van der Waals surface area contributed by atoms with Gasteiger partial charge in [0.15, 0.2) is 0 Å². The smallest absolute Gasteiger partial charge is 0.408 e. The number of rotatable bonds is 9. The van der Waals surface area contributed by atoms with E-state index in [9.17, 15) is 14.4 Å². The van der Waals surface area contributed by atoms with E-state index in [0.29, 0.717) is 0 Å². The lowest BCUT2D eigenvalue weighted by atomic mass is 10.0. The first-order chi connectivity index (χ1) is 13.5. The zero-order valence-electron chi connectivity index (χ0n) is 15.8. The maximum atomic E-state index is 12.9. The minimum Gasteiger partial charge on any atom is -0.445 e. The number of amides is 1. The lowest BCUT2D eigenvalue weighted by molar-refractivity contribution is -0.148. The van der Waals surface area contributed by atoms with Crippen LogP contribution in [0.1, 0.15) is 18.1 Å². The Morgan fingerprint density at radius 1 is 0.964 bits per heavy atom. The van der Waals surface area contributed by atoms with Gasteiger partial charge in [-0.05, 0) is 17.4 Å². The second-order valence-electron chi connectivity index (χ2n) is 6.03. The van der Waals surface area contributed by atoms with Crippen LogP contribution in [-0.4, -0.2) is 35.6 Å². The van der Waals surface area contributed by atoms with E-state index < -0.39 is 29.3 Å². The lowest BCUT2D eigenvalue weighted by Gasteiger charge is -2.22. The first kappa shape index (κ1) is 21.5. The summed E-state index contributed by atoms with van der Waals surface area (Å²) in [6.07, 6.45) is 1.22. The molecule has 2 rings (SSSR count). The minimum absolute atomic E-state index is 0.0921. The molecule has 0 bridgehead atoms. The van der Waals surface area contributed by atoms with E-state index in [4.69, 9.17) is 9.47 Å². The average molecular weight is 401 g/mol. The van der Waals surface area contributed by atoms with Crippen LogP contribution in [0.2, 0.25) is 0 Å². The van der Waals surface area contributed by atoms with Crippen LogP contribution in [0, 0.1) is 0 Å². The zero-order valence-corrected chi connectivity index (χ0v) is 16.6. The van der Waals surface area contributed by atoms with Gasteiger partial charge in [-0.1, -0.05) is 60.7 Å². The number of carbonyl (C=O) groups is 3. The van der Waals surface area contributed by atoms with Crippen molar-refractivity contribution >= 4 is 29.6 Å². The highest BCUT2D eigenvalue weighted by Crippen LogP contribution is 2.15. The molecule has 0 aliphatic carbocycles. The molecule has 2 aromatic rings. The van der Waals surface area contributed by atoms with Gasteiger partial charge in [0.05, 0.1) is 6.04 Å². The van der Waals surface area contributed by atoms with Crippen LogP contribution in [0.5, 0.6) is 0 Å². The Kier molecular flexibility index (Phi) is 8.55. The molecule has 0 spiro atoms. The second kappa shape index (κ2) is 11.1. The van der Waals surface area contributed by atoms with E-state index in [2.05, 4.69) is 5.32 Å². The predicted molar refractivity (Wildman–Crippen MR) is 108 cm³/mol. The highest BCUT2D eigenvalue weighted by Gasteiger charge is 2.30. The summed E-state index contributed by atoms with van der Waals surface area (Å²) in [5.41, 5.74) is 0.706. The molecule has 7 heteroatoms. The predicted octanol–water partition coefficient (Wildman–Crippen LogP) is 3.35. The number of benzene rings is 2. The molecule has 28 heavy (non-hydrogen) atoms. The third kappa shape index (κ3) is 7.08. The summed E-state index contributed by atoms with van der Waals surface area (Å²) in [6.45, 7) is 1.33. The van der Waals surface area contributed by atoms with E-state index in [-0.39, 0.29) is 13.0 Å². The van der Waals surface area contributed by atoms with Gasteiger partial charge in [-0.2, -0.15) is 0 Å². The number of thioether (sulfide) groups is 1. The van der Waals surface area contributed by atoms with Crippen molar-refractivity contribution in [3.05, 3.63) is 71.8 Å². The molecular formula is C21H23NO5S. The van der Waals surface area contributed by atoms with Gasteiger partial charge in [-0.25, -0.2) is 4.79 Å². The Hall–Kier alpha value is -2.80. The zero-order chi connectivity index (χ0) is 20.4. The van der Waals surface area contributed by atoms with E-state index in [1.165, 1.54) is 6.92 Å². The number of alkyl carbamates (subject to hydrolysis) is 1. The lowest BCUT2D eigenvalue weighted by Crippen LogP contribution is -2.47. The number of esters is 1. The molecule has 6 nitrogen and oxygen atoms in total. The Morgan fingerprint density at radius 2 is 1.54 bits per heavy atom. The summed E-state index contributed by atoms with van der Waals surface area (Å²) in [7, 11) is 0. The van der Waals surface area contributed by atoms with Crippen LogP contribution in [0.25, 0.3) is 0 Å². The first-order valence-electron chi connectivity index (χ1n) is 8.74. The van der Waals surface area contributed by atoms with Gasteiger partial charge in [0, 0.05) is 13.3 Å². The van der Waals surface area contributed by atoms with Gasteiger partial charge in [-0.15, -0.1) is 11.8 Å². The largest absolute Gasteiger partial charge is 0.445 e. The molecule has 2 atom stereocenters. The van der Waals surface area contributed by atoms with E-state index in [1.54, 1.807) is 6.26 Å². The monoisotopic (exact) mass is 401 g/mol. The summed E-state index contributed by atoms with van der Waals surface area (Å²) in [5, 5.41) is 2.61. The fourth-order valence-electron chi connectivity index (χ4n) is 2.52. The molecule has 0 aliphatic heterocycles. The highest BCUT2D eigenvalue weighted by molar-refractivity contribution is 7.99. The fourth-order valence-corrected chi connectivity index (χ4v) is 3.15. The van der Waals surface area contributed by atoms with Crippen LogP contribution in [0.3, 0.4) is 0 Å². The third-order valence-corrected chi connectivity index (χ3v) is 4.61. The molecule has 148 valence electrons. The fraction of sp³-hybridized carbons (Fsp3) is 0.286. The molecule has 0 fully saturated rings. The number of hydrogen-bond acceptors (Lipinski definition) is 6. The molecule has 1 amide bonds. The molecular weight excluding hydrogens is 378 g/mol. The second-order valence-corrected chi connectivity index (χ2v) is 6.93. The van der Waals surface area contributed by atoms with Crippen molar-refractivity contribution in [1.29, 1.82) is 0 Å². The van der Waals surface area contributed by atoms with Crippen molar-refractivity contribution < 1.29 is 23.9 Å². The number of carbonyl (C=O) groups excluding carboxylic acids is 3. The standard InChI is InChI=1S/C21H23NO5S/c1-15(23)27-20(28-2)19(24)18(13-16-9-5-3-6-10-16)22-21(25)26-14-17-11-7-4-8-12-17/h3-12,18,20H,13-14H2,1-2H3,(H,22,25)/t18-,20?/m0/s1. The summed E-state index contributed by atoms with van der Waals surface area (Å²) in [4.78, 5) is 36.4. The average Bonchev–Trinajstić information content (AvgIpc) is 2.71. The summed E-state index contributed by atoms with van der Waals surface area (Å²) in [6, 6.07) is 17.6. The number of nitrogens with one attached hydrogen (secondary N) is 1. The van der Waals surface area contributed by atoms with Crippen LogP contribution in [0.4, 0.5) is 4.79 Å². The maximum absolute atomic E-state index is 12.9. The van der Waals surface area contributed by atoms with Crippen molar-refractivity contribution in [2.24, 2.45) is 0 Å². The van der Waals surface area contributed by atoms with E-state index in [0.717, 1.165) is 22.9 Å². The Morgan fingerprint density at radius 3 is 2.07 bits per heavy atom. The molecule has 0 aromatic heterocycles. The highest BCUT2D eigenvalue weighted by atomic mass is 32.2. The Bertz CT molecular complexity index is 782. The normalized spacial score (nSPS) is 12.5. The topological polar surface area (TPSA) is 81.7 Å². The van der Waals surface area contributed by atoms with Crippen LogP contribution in [-0.2, 0) is 32.1 Å². The van der Waals surface area contributed by atoms with Crippen molar-refractivity contribution in [1.82, 2.24) is 5.32 Å². The maximum Gasteiger partial charge on any atom is 0.408 e. The summed E-state index contributed by atoms with van der Waals surface area (Å²) < 4.78 is 10.3. The van der Waals surface area contributed by atoms with Gasteiger partial charge in [-0.3, -0.25) is 9.59 Å². The molecule has 1 N–H and O–H groups in total. The number of hydrogen-bond donors (Lipinski definition) is 1. The van der Waals surface area contributed by atoms with E-state index >= 15 is 0 Å². The third-order valence-electron chi connectivity index (χ3n) is 3.85. The van der Waals surface area contributed by atoms with Crippen LogP contribution in [0.15, 0.2) is 60.7 Å². The van der Waals surface area contributed by atoms with Crippen molar-refractivity contribution in [3.8, 4) is 0 Å². The van der Waals surface area contributed by atoms with E-state index in [1.807, 2.05) is 60.7 Å². The van der Waals surface area contributed by atoms with Gasteiger partial charge >= 0.3 is 12.1 Å². The Labute approximate surface area is 168 Å². The van der Waals surface area contributed by atoms with Crippen LogP contribution < -0.4 is 5.32 Å². The molecule has 0 heterocycles. The molecule has 0 radical (unpaired) electrons. The molecule has 0 aliphatic rings. The summed E-state index contributed by atoms with van der Waals surface area (Å²) >= 11 is 1.10. The quantitative estimate of drug-likeness (QED) is 0.513. The minimum atomic E-state index is -0.999. The molecule has 1 unspecified atom stereocenters. The number of ketones is 1. The Balaban J connectivity index is 2.07. The van der Waals surface area contributed by atoms with Crippen molar-refractivity contribution in [3.63, 3.8) is 0 Å². The van der Waals surface area contributed by atoms with Crippen LogP contribution >= 0.6 is 11.8 Å². The molecule has 2 aromatic carbocycles. The number of ether oxygens (including phenoxy) is 2. The first-order valence-corrected chi connectivity index (χ1v) is 10.0. The van der Waals surface area contributed by atoms with Gasteiger partial charge in [0.25, 0.3) is 0 Å². The van der Waals surface area contributed by atoms with Gasteiger partial charge in [0.1, 0.15) is 6.61 Å².